The van der Waals surface area contributed by atoms with E-state index in [1.807, 2.05) is 6.07 Å². The van der Waals surface area contributed by atoms with E-state index in [0.717, 1.165) is 25.9 Å². The third-order valence-corrected chi connectivity index (χ3v) is 6.59. The molecule has 5 nitrogen and oxygen atoms in total. The van der Waals surface area contributed by atoms with Crippen molar-refractivity contribution in [3.8, 4) is 6.07 Å². The third-order valence-electron chi connectivity index (χ3n) is 4.43. The first kappa shape index (κ1) is 17.5. The summed E-state index contributed by atoms with van der Waals surface area (Å²) in [6.07, 6.45) is 1.91. The molecule has 0 saturated carbocycles. The Morgan fingerprint density at radius 3 is 2.73 bits per heavy atom. The van der Waals surface area contributed by atoms with Crippen LogP contribution >= 0.6 is 24.0 Å². The van der Waals surface area contributed by atoms with Gasteiger partial charge in [-0.15, -0.1) is 12.4 Å². The highest BCUT2D eigenvalue weighted by molar-refractivity contribution is 7.89. The molecule has 2 aliphatic heterocycles. The van der Waals surface area contributed by atoms with Crippen LogP contribution < -0.4 is 5.32 Å². The second-order valence-corrected chi connectivity index (χ2v) is 8.11. The first-order valence-electron chi connectivity index (χ1n) is 6.87. The van der Waals surface area contributed by atoms with E-state index in [4.69, 9.17) is 16.9 Å². The number of nitriles is 1. The van der Waals surface area contributed by atoms with Gasteiger partial charge in [-0.3, -0.25) is 0 Å². The number of nitrogens with zero attached hydrogens (tertiary/aromatic N) is 2. The predicted octanol–water partition coefficient (Wildman–Crippen LogP) is 2.01. The van der Waals surface area contributed by atoms with Gasteiger partial charge < -0.3 is 5.32 Å². The molecule has 2 saturated heterocycles. The van der Waals surface area contributed by atoms with Crippen molar-refractivity contribution in [2.24, 2.45) is 5.41 Å². The van der Waals surface area contributed by atoms with E-state index in [0.29, 0.717) is 13.1 Å². The Morgan fingerprint density at radius 1 is 1.36 bits per heavy atom. The van der Waals surface area contributed by atoms with Gasteiger partial charge in [0.1, 0.15) is 6.07 Å². The van der Waals surface area contributed by atoms with Crippen molar-refractivity contribution in [3.05, 3.63) is 28.8 Å². The Hall–Kier alpha value is -0.840. The maximum Gasteiger partial charge on any atom is 0.243 e. The van der Waals surface area contributed by atoms with Crippen LogP contribution in [0.25, 0.3) is 0 Å². The van der Waals surface area contributed by atoms with Crippen molar-refractivity contribution in [2.75, 3.05) is 26.2 Å². The quantitative estimate of drug-likeness (QED) is 0.874. The summed E-state index contributed by atoms with van der Waals surface area (Å²) in [5.41, 5.74) is 0.372. The van der Waals surface area contributed by atoms with Gasteiger partial charge in [0.05, 0.1) is 15.5 Å². The van der Waals surface area contributed by atoms with E-state index in [2.05, 4.69) is 5.32 Å². The summed E-state index contributed by atoms with van der Waals surface area (Å²) in [7, 11) is -3.54. The van der Waals surface area contributed by atoms with Crippen LogP contribution in [0.4, 0.5) is 0 Å². The highest BCUT2D eigenvalue weighted by Gasteiger charge is 2.44. The van der Waals surface area contributed by atoms with Crippen LogP contribution in [0.3, 0.4) is 0 Å². The average molecular weight is 362 g/mol. The summed E-state index contributed by atoms with van der Waals surface area (Å²) in [5.74, 6) is 0. The molecule has 1 spiro atoms. The molecule has 0 aromatic heterocycles. The minimum absolute atomic E-state index is 0. The molecule has 2 fully saturated rings. The highest BCUT2D eigenvalue weighted by Crippen LogP contribution is 2.38. The number of rotatable bonds is 2. The molecule has 1 aromatic rings. The van der Waals surface area contributed by atoms with Gasteiger partial charge in [0, 0.05) is 19.6 Å². The van der Waals surface area contributed by atoms with Crippen molar-refractivity contribution < 1.29 is 8.42 Å². The lowest BCUT2D eigenvalue weighted by Gasteiger charge is -2.22. The number of sulfonamides is 1. The second-order valence-electron chi connectivity index (χ2n) is 5.77. The lowest BCUT2D eigenvalue weighted by atomic mass is 9.87. The molecular weight excluding hydrogens is 345 g/mol. The van der Waals surface area contributed by atoms with Crippen LogP contribution in [-0.2, 0) is 10.0 Å². The zero-order valence-electron chi connectivity index (χ0n) is 11.9. The molecule has 2 heterocycles. The van der Waals surface area contributed by atoms with Gasteiger partial charge in [-0.05, 0) is 43.0 Å². The van der Waals surface area contributed by atoms with Gasteiger partial charge in [-0.1, -0.05) is 11.6 Å². The van der Waals surface area contributed by atoms with Crippen LogP contribution in [-0.4, -0.2) is 38.9 Å². The Labute approximate surface area is 141 Å². The number of nitrogens with one attached hydrogen (secondary N) is 1. The fraction of sp³-hybridized carbons (Fsp3) is 0.500. The van der Waals surface area contributed by atoms with Gasteiger partial charge in [-0.2, -0.15) is 9.57 Å². The molecule has 3 rings (SSSR count). The number of halogens is 2. The van der Waals surface area contributed by atoms with Gasteiger partial charge in [0.15, 0.2) is 0 Å². The molecule has 0 aliphatic carbocycles. The maximum absolute atomic E-state index is 12.7. The normalized spacial score (nSPS) is 25.1. The van der Waals surface area contributed by atoms with Crippen LogP contribution in [0.2, 0.25) is 5.02 Å². The van der Waals surface area contributed by atoms with Crippen molar-refractivity contribution >= 4 is 34.0 Å². The largest absolute Gasteiger partial charge is 0.316 e. The monoisotopic (exact) mass is 361 g/mol. The number of hydrogen-bond donors (Lipinski definition) is 1. The molecule has 1 unspecified atom stereocenters. The van der Waals surface area contributed by atoms with E-state index in [-0.39, 0.29) is 33.3 Å². The van der Waals surface area contributed by atoms with Gasteiger partial charge in [-0.25, -0.2) is 8.42 Å². The zero-order chi connectivity index (χ0) is 15.1. The molecular formula is C14H17Cl2N3O2S. The van der Waals surface area contributed by atoms with Gasteiger partial charge in [0.2, 0.25) is 10.0 Å². The molecule has 2 aliphatic rings. The fourth-order valence-corrected chi connectivity index (χ4v) is 5.01. The first-order chi connectivity index (χ1) is 9.97. The molecule has 0 radical (unpaired) electrons. The molecule has 8 heteroatoms. The van der Waals surface area contributed by atoms with E-state index in [1.165, 1.54) is 22.5 Å². The van der Waals surface area contributed by atoms with Crippen molar-refractivity contribution in [1.82, 2.24) is 9.62 Å². The number of benzene rings is 1. The van der Waals surface area contributed by atoms with Crippen LogP contribution in [0.1, 0.15) is 18.4 Å². The molecule has 0 amide bonds. The summed E-state index contributed by atoms with van der Waals surface area (Å²) in [4.78, 5) is 0.162. The SMILES string of the molecule is Cl.N#Cc1ccc(S(=O)(=O)N2CCC3(CCNC3)C2)cc1Cl. The Kier molecular flexibility index (Phi) is 5.05. The van der Waals surface area contributed by atoms with Crippen LogP contribution in [0, 0.1) is 16.7 Å². The summed E-state index contributed by atoms with van der Waals surface area (Å²) in [5, 5.41) is 12.4. The van der Waals surface area contributed by atoms with Crippen molar-refractivity contribution in [3.63, 3.8) is 0 Å². The molecule has 22 heavy (non-hydrogen) atoms. The predicted molar refractivity (Wildman–Crippen MR) is 86.7 cm³/mol. The maximum atomic E-state index is 12.7. The standard InChI is InChI=1S/C14H16ClN3O2S.ClH/c15-13-7-12(2-1-11(13)8-16)21(19,20)18-6-4-14(10-18)3-5-17-9-14;/h1-2,7,17H,3-6,9-10H2;1H. The van der Waals surface area contributed by atoms with Gasteiger partial charge in [0.25, 0.3) is 0 Å². The Balaban J connectivity index is 0.00000176. The minimum atomic E-state index is -3.54. The first-order valence-corrected chi connectivity index (χ1v) is 8.69. The van der Waals surface area contributed by atoms with E-state index in [9.17, 15) is 8.42 Å². The second kappa shape index (κ2) is 6.34. The average Bonchev–Trinajstić information content (AvgIpc) is 3.10. The molecule has 0 bridgehead atoms. The molecule has 120 valence electrons. The van der Waals surface area contributed by atoms with Crippen molar-refractivity contribution in [2.45, 2.75) is 17.7 Å². The summed E-state index contributed by atoms with van der Waals surface area (Å²) in [6.45, 7) is 2.94. The lowest BCUT2D eigenvalue weighted by Crippen LogP contribution is -2.33. The van der Waals surface area contributed by atoms with E-state index < -0.39 is 10.0 Å². The summed E-state index contributed by atoms with van der Waals surface area (Å²) >= 11 is 5.95. The van der Waals surface area contributed by atoms with Crippen LogP contribution in [0.5, 0.6) is 0 Å². The minimum Gasteiger partial charge on any atom is -0.316 e. The third kappa shape index (κ3) is 2.97. The number of hydrogen-bond acceptors (Lipinski definition) is 4. The molecule has 1 atom stereocenters. The summed E-state index contributed by atoms with van der Waals surface area (Å²) in [6, 6.07) is 6.22. The highest BCUT2D eigenvalue weighted by atomic mass is 35.5. The van der Waals surface area contributed by atoms with Crippen molar-refractivity contribution in [1.29, 1.82) is 5.26 Å². The fourth-order valence-electron chi connectivity index (χ4n) is 3.14. The topological polar surface area (TPSA) is 73.2 Å². The smallest absolute Gasteiger partial charge is 0.243 e. The summed E-state index contributed by atoms with van der Waals surface area (Å²) < 4.78 is 26.9. The Bertz CT molecular complexity index is 709. The molecule has 1 N–H and O–H groups in total. The molecule has 1 aromatic carbocycles. The van der Waals surface area contributed by atoms with E-state index in [1.54, 1.807) is 0 Å². The van der Waals surface area contributed by atoms with E-state index >= 15 is 0 Å². The Morgan fingerprint density at radius 2 is 2.14 bits per heavy atom. The van der Waals surface area contributed by atoms with Crippen LogP contribution in [0.15, 0.2) is 23.1 Å². The zero-order valence-corrected chi connectivity index (χ0v) is 14.3. The van der Waals surface area contributed by atoms with Gasteiger partial charge >= 0.3 is 0 Å². The lowest BCUT2D eigenvalue weighted by molar-refractivity contribution is 0.338.